The molecule has 122 valence electrons. The van der Waals surface area contributed by atoms with Crippen LogP contribution in [0, 0.1) is 0 Å². The smallest absolute Gasteiger partial charge is 0.274 e. The summed E-state index contributed by atoms with van der Waals surface area (Å²) in [5.41, 5.74) is 2.04. The van der Waals surface area contributed by atoms with Gasteiger partial charge in [-0.05, 0) is 35.7 Å². The molecule has 8 heteroatoms. The number of nitrogens with zero attached hydrogens (tertiary/aromatic N) is 3. The minimum absolute atomic E-state index is 0.152. The van der Waals surface area contributed by atoms with Crippen LogP contribution in [0.25, 0.3) is 0 Å². The third-order valence-electron chi connectivity index (χ3n) is 3.72. The maximum Gasteiger partial charge on any atom is 0.274 e. The first kappa shape index (κ1) is 16.2. The molecule has 3 rings (SSSR count). The normalized spacial score (nSPS) is 14.2. The number of aromatic nitrogens is 2. The molecule has 2 aromatic rings. The zero-order chi connectivity index (χ0) is 16.6. The Morgan fingerprint density at radius 3 is 2.87 bits per heavy atom. The minimum Gasteiger partial charge on any atom is -0.333 e. The molecule has 23 heavy (non-hydrogen) atoms. The van der Waals surface area contributed by atoms with Crippen molar-refractivity contribution in [3.8, 4) is 0 Å². The summed E-state index contributed by atoms with van der Waals surface area (Å²) in [5, 5.41) is 5.00. The summed E-state index contributed by atoms with van der Waals surface area (Å²) in [6.45, 7) is 0.330. The number of hydrogen-bond donors (Lipinski definition) is 0. The van der Waals surface area contributed by atoms with E-state index in [-0.39, 0.29) is 11.6 Å². The zero-order valence-electron chi connectivity index (χ0n) is 12.0. The molecule has 1 aliphatic rings. The molecule has 0 N–H and O–H groups in total. The predicted octanol–water partition coefficient (Wildman–Crippen LogP) is 3.65. The molecule has 0 saturated carbocycles. The molecule has 0 unspecified atom stereocenters. The molecule has 1 aliphatic heterocycles. The first-order chi connectivity index (χ1) is 10.9. The first-order valence-electron chi connectivity index (χ1n) is 7.01. The molecule has 1 aromatic carbocycles. The van der Waals surface area contributed by atoms with Crippen molar-refractivity contribution in [3.05, 3.63) is 51.3 Å². The summed E-state index contributed by atoms with van der Waals surface area (Å²) in [6.07, 6.45) is -0.494. The second kappa shape index (κ2) is 6.45. The molecule has 2 heterocycles. The van der Waals surface area contributed by atoms with E-state index in [1.807, 2.05) is 6.07 Å². The largest absolute Gasteiger partial charge is 0.333 e. The molecule has 0 fully saturated rings. The molecule has 1 aromatic heterocycles. The van der Waals surface area contributed by atoms with Gasteiger partial charge in [-0.15, -0.1) is 0 Å². The van der Waals surface area contributed by atoms with Crippen molar-refractivity contribution in [1.29, 1.82) is 0 Å². The number of carbonyl (C=O) groups is 1. The second-order valence-corrected chi connectivity index (χ2v) is 6.16. The van der Waals surface area contributed by atoms with E-state index in [1.54, 1.807) is 11.0 Å². The van der Waals surface area contributed by atoms with Crippen LogP contribution >= 0.6 is 23.2 Å². The third-order valence-corrected chi connectivity index (χ3v) is 4.28. The maximum absolute atomic E-state index is 12.5. The number of benzene rings is 1. The van der Waals surface area contributed by atoms with Gasteiger partial charge in [0, 0.05) is 29.3 Å². The molecule has 0 atom stereocenters. The van der Waals surface area contributed by atoms with Gasteiger partial charge in [0.2, 0.25) is 0 Å². The van der Waals surface area contributed by atoms with E-state index in [0.29, 0.717) is 29.6 Å². The summed E-state index contributed by atoms with van der Waals surface area (Å²) >= 11 is 12.2. The fourth-order valence-electron chi connectivity index (χ4n) is 2.64. The molecule has 0 aliphatic carbocycles. The lowest BCUT2D eigenvalue weighted by Crippen LogP contribution is -2.36. The summed E-state index contributed by atoms with van der Waals surface area (Å²) < 4.78 is 25.8. The predicted molar refractivity (Wildman–Crippen MR) is 83.1 cm³/mol. The summed E-state index contributed by atoms with van der Waals surface area (Å²) in [5.74, 6) is -0.297. The van der Waals surface area contributed by atoms with Gasteiger partial charge in [-0.3, -0.25) is 9.48 Å². The highest BCUT2D eigenvalue weighted by molar-refractivity contribution is 6.35. The highest BCUT2D eigenvalue weighted by Gasteiger charge is 2.25. The van der Waals surface area contributed by atoms with Gasteiger partial charge in [-0.25, -0.2) is 8.78 Å². The monoisotopic (exact) mass is 359 g/mol. The number of amides is 1. The SMILES string of the molecule is O=C(c1ccn(CC(F)F)n1)N1CCc2cc(Cl)cc(Cl)c2C1. The van der Waals surface area contributed by atoms with E-state index in [2.05, 4.69) is 5.10 Å². The van der Waals surface area contributed by atoms with Crippen molar-refractivity contribution in [2.45, 2.75) is 25.9 Å². The summed E-state index contributed by atoms with van der Waals surface area (Å²) in [7, 11) is 0. The Balaban J connectivity index is 1.78. The average molecular weight is 360 g/mol. The van der Waals surface area contributed by atoms with Gasteiger partial charge < -0.3 is 4.90 Å². The number of fused-ring (bicyclic) bond motifs is 1. The Hall–Kier alpha value is -1.66. The van der Waals surface area contributed by atoms with Gasteiger partial charge in [-0.1, -0.05) is 23.2 Å². The van der Waals surface area contributed by atoms with Crippen LogP contribution in [-0.2, 0) is 19.5 Å². The zero-order valence-corrected chi connectivity index (χ0v) is 13.5. The minimum atomic E-state index is -2.51. The lowest BCUT2D eigenvalue weighted by atomic mass is 9.99. The van der Waals surface area contributed by atoms with Gasteiger partial charge >= 0.3 is 0 Å². The van der Waals surface area contributed by atoms with E-state index in [0.717, 1.165) is 15.8 Å². The Morgan fingerprint density at radius 1 is 1.35 bits per heavy atom. The molecular formula is C15H13Cl2F2N3O. The molecular weight excluding hydrogens is 347 g/mol. The molecule has 0 radical (unpaired) electrons. The van der Waals surface area contributed by atoms with E-state index in [4.69, 9.17) is 23.2 Å². The Labute approximate surface area is 141 Å². The van der Waals surface area contributed by atoms with Crippen molar-refractivity contribution in [2.75, 3.05) is 6.54 Å². The second-order valence-electron chi connectivity index (χ2n) is 5.32. The first-order valence-corrected chi connectivity index (χ1v) is 7.77. The van der Waals surface area contributed by atoms with Crippen molar-refractivity contribution in [2.24, 2.45) is 0 Å². The van der Waals surface area contributed by atoms with E-state index < -0.39 is 13.0 Å². The van der Waals surface area contributed by atoms with Crippen LogP contribution in [0.15, 0.2) is 24.4 Å². The summed E-state index contributed by atoms with van der Waals surface area (Å²) in [6, 6.07) is 4.94. The van der Waals surface area contributed by atoms with Crippen LogP contribution in [0.5, 0.6) is 0 Å². The van der Waals surface area contributed by atoms with E-state index in [1.165, 1.54) is 12.3 Å². The van der Waals surface area contributed by atoms with Crippen LogP contribution in [0.2, 0.25) is 10.0 Å². The topological polar surface area (TPSA) is 38.1 Å². The molecule has 0 bridgehead atoms. The number of carbonyl (C=O) groups excluding carboxylic acids is 1. The van der Waals surface area contributed by atoms with Crippen molar-refractivity contribution in [3.63, 3.8) is 0 Å². The number of alkyl halides is 2. The molecule has 1 amide bonds. The van der Waals surface area contributed by atoms with Gasteiger partial charge in [0.15, 0.2) is 0 Å². The van der Waals surface area contributed by atoms with E-state index in [9.17, 15) is 13.6 Å². The van der Waals surface area contributed by atoms with Crippen molar-refractivity contribution in [1.82, 2.24) is 14.7 Å². The van der Waals surface area contributed by atoms with Gasteiger partial charge in [-0.2, -0.15) is 5.10 Å². The lowest BCUT2D eigenvalue weighted by molar-refractivity contribution is 0.0725. The Bertz CT molecular complexity index is 748. The molecule has 0 spiro atoms. The lowest BCUT2D eigenvalue weighted by Gasteiger charge is -2.29. The summed E-state index contributed by atoms with van der Waals surface area (Å²) in [4.78, 5) is 14.1. The van der Waals surface area contributed by atoms with Gasteiger partial charge in [0.1, 0.15) is 12.2 Å². The van der Waals surface area contributed by atoms with Crippen molar-refractivity contribution < 1.29 is 13.6 Å². The van der Waals surface area contributed by atoms with Crippen molar-refractivity contribution >= 4 is 29.1 Å². The fraction of sp³-hybridized carbons (Fsp3) is 0.333. The number of hydrogen-bond acceptors (Lipinski definition) is 2. The average Bonchev–Trinajstić information content (AvgIpc) is 2.93. The van der Waals surface area contributed by atoms with Crippen LogP contribution in [0.1, 0.15) is 21.6 Å². The molecule has 0 saturated heterocycles. The number of rotatable bonds is 3. The van der Waals surface area contributed by atoms with Crippen LogP contribution < -0.4 is 0 Å². The highest BCUT2D eigenvalue weighted by Crippen LogP contribution is 2.30. The maximum atomic E-state index is 12.5. The van der Waals surface area contributed by atoms with Gasteiger partial charge in [0.05, 0.1) is 0 Å². The Kier molecular flexibility index (Phi) is 4.55. The Morgan fingerprint density at radius 2 is 2.13 bits per heavy atom. The highest BCUT2D eigenvalue weighted by atomic mass is 35.5. The third kappa shape index (κ3) is 3.48. The molecule has 4 nitrogen and oxygen atoms in total. The van der Waals surface area contributed by atoms with E-state index >= 15 is 0 Å². The van der Waals surface area contributed by atoms with Crippen LogP contribution in [0.4, 0.5) is 8.78 Å². The standard InChI is InChI=1S/C15H13Cl2F2N3O/c16-10-5-9-1-3-21(7-11(9)12(17)6-10)15(23)13-2-4-22(20-13)8-14(18)19/h2,4-6,14H,1,3,7-8H2. The fourth-order valence-corrected chi connectivity index (χ4v) is 3.23. The van der Waals surface area contributed by atoms with Crippen LogP contribution in [-0.4, -0.2) is 33.6 Å². The number of halogens is 4. The quantitative estimate of drug-likeness (QED) is 0.838. The van der Waals surface area contributed by atoms with Gasteiger partial charge in [0.25, 0.3) is 12.3 Å². The van der Waals surface area contributed by atoms with Crippen LogP contribution in [0.3, 0.4) is 0 Å².